The van der Waals surface area contributed by atoms with Crippen LogP contribution in [0.5, 0.6) is 0 Å². The third kappa shape index (κ3) is 4.03. The van der Waals surface area contributed by atoms with Gasteiger partial charge in [0.25, 0.3) is 0 Å². The van der Waals surface area contributed by atoms with Gasteiger partial charge in [-0.1, -0.05) is 18.2 Å². The zero-order chi connectivity index (χ0) is 20.2. The molecule has 1 saturated heterocycles. The molecule has 29 heavy (non-hydrogen) atoms. The van der Waals surface area contributed by atoms with E-state index in [2.05, 4.69) is 20.0 Å². The van der Waals surface area contributed by atoms with Gasteiger partial charge in [-0.05, 0) is 32.1 Å². The molecule has 0 saturated carbocycles. The molecule has 1 aromatic carbocycles. The number of rotatable bonds is 4. The van der Waals surface area contributed by atoms with Crippen LogP contribution in [0.3, 0.4) is 0 Å². The van der Waals surface area contributed by atoms with Crippen LogP contribution in [0.4, 0.5) is 5.82 Å². The molecule has 1 aliphatic heterocycles. The SMILES string of the molecule is Cc1nn(-c2ccccc2)c(C)c1/C=C/C(=O)N1CCN(c2cnccn2)CC1. The largest absolute Gasteiger partial charge is 0.352 e. The van der Waals surface area contributed by atoms with Gasteiger partial charge in [0, 0.05) is 55.9 Å². The average Bonchev–Trinajstić information content (AvgIpc) is 3.07. The number of nitrogens with zero attached hydrogens (tertiary/aromatic N) is 6. The molecule has 3 aromatic rings. The lowest BCUT2D eigenvalue weighted by Gasteiger charge is -2.34. The third-order valence-corrected chi connectivity index (χ3v) is 5.21. The smallest absolute Gasteiger partial charge is 0.246 e. The molecule has 0 unspecified atom stereocenters. The number of carbonyl (C=O) groups excluding carboxylic acids is 1. The van der Waals surface area contributed by atoms with Crippen LogP contribution in [-0.2, 0) is 4.79 Å². The van der Waals surface area contributed by atoms with Gasteiger partial charge in [0.1, 0.15) is 5.82 Å². The molecule has 148 valence electrons. The topological polar surface area (TPSA) is 67.2 Å². The molecule has 0 radical (unpaired) electrons. The molecule has 7 nitrogen and oxygen atoms in total. The molecular weight excluding hydrogens is 364 g/mol. The van der Waals surface area contributed by atoms with Crippen molar-refractivity contribution in [2.45, 2.75) is 13.8 Å². The van der Waals surface area contributed by atoms with E-state index in [1.807, 2.05) is 59.8 Å². The van der Waals surface area contributed by atoms with E-state index < -0.39 is 0 Å². The Morgan fingerprint density at radius 1 is 1.03 bits per heavy atom. The van der Waals surface area contributed by atoms with Gasteiger partial charge in [-0.3, -0.25) is 9.78 Å². The summed E-state index contributed by atoms with van der Waals surface area (Å²) in [6.07, 6.45) is 8.65. The molecular formula is C22H24N6O. The predicted molar refractivity (Wildman–Crippen MR) is 113 cm³/mol. The third-order valence-electron chi connectivity index (χ3n) is 5.21. The number of anilines is 1. The van der Waals surface area contributed by atoms with Crippen molar-refractivity contribution in [2.24, 2.45) is 0 Å². The molecule has 1 amide bonds. The van der Waals surface area contributed by atoms with Crippen molar-refractivity contribution < 1.29 is 4.79 Å². The zero-order valence-corrected chi connectivity index (χ0v) is 16.7. The molecule has 1 fully saturated rings. The lowest BCUT2D eigenvalue weighted by atomic mass is 10.1. The van der Waals surface area contributed by atoms with Crippen LogP contribution in [-0.4, -0.2) is 56.7 Å². The molecule has 0 atom stereocenters. The van der Waals surface area contributed by atoms with Gasteiger partial charge in [0.15, 0.2) is 0 Å². The first-order valence-corrected chi connectivity index (χ1v) is 9.73. The van der Waals surface area contributed by atoms with Crippen LogP contribution < -0.4 is 4.90 Å². The monoisotopic (exact) mass is 388 g/mol. The predicted octanol–water partition coefficient (Wildman–Crippen LogP) is 2.64. The quantitative estimate of drug-likeness (QED) is 0.643. The second kappa shape index (κ2) is 8.26. The number of hydrogen-bond donors (Lipinski definition) is 0. The number of hydrogen-bond acceptors (Lipinski definition) is 5. The fourth-order valence-electron chi connectivity index (χ4n) is 3.59. The molecule has 1 aliphatic rings. The minimum atomic E-state index is 0.0232. The second-order valence-corrected chi connectivity index (χ2v) is 7.04. The van der Waals surface area contributed by atoms with Crippen molar-refractivity contribution in [3.05, 3.63) is 71.9 Å². The normalized spacial score (nSPS) is 14.6. The highest BCUT2D eigenvalue weighted by atomic mass is 16.2. The fourth-order valence-corrected chi connectivity index (χ4v) is 3.59. The minimum Gasteiger partial charge on any atom is -0.352 e. The van der Waals surface area contributed by atoms with Crippen molar-refractivity contribution >= 4 is 17.8 Å². The number of aromatic nitrogens is 4. The highest BCUT2D eigenvalue weighted by Gasteiger charge is 2.21. The number of para-hydroxylation sites is 1. The van der Waals surface area contributed by atoms with Gasteiger partial charge >= 0.3 is 0 Å². The van der Waals surface area contributed by atoms with E-state index in [0.29, 0.717) is 13.1 Å². The van der Waals surface area contributed by atoms with E-state index >= 15 is 0 Å². The van der Waals surface area contributed by atoms with E-state index in [4.69, 9.17) is 0 Å². The number of piperazine rings is 1. The number of benzene rings is 1. The van der Waals surface area contributed by atoms with Crippen LogP contribution in [0.15, 0.2) is 55.0 Å². The summed E-state index contributed by atoms with van der Waals surface area (Å²) in [5, 5.41) is 4.64. The number of aryl methyl sites for hydroxylation is 1. The molecule has 7 heteroatoms. The van der Waals surface area contributed by atoms with E-state index in [0.717, 1.165) is 41.5 Å². The summed E-state index contributed by atoms with van der Waals surface area (Å²) >= 11 is 0. The van der Waals surface area contributed by atoms with Crippen molar-refractivity contribution in [3.63, 3.8) is 0 Å². The van der Waals surface area contributed by atoms with Gasteiger partial charge in [-0.2, -0.15) is 5.10 Å². The fraction of sp³-hybridized carbons (Fsp3) is 0.273. The standard InChI is InChI=1S/C22H24N6O/c1-17-20(18(2)28(25-17)19-6-4-3-5-7-19)8-9-22(29)27-14-12-26(13-15-27)21-16-23-10-11-24-21/h3-11,16H,12-15H2,1-2H3/b9-8+. The minimum absolute atomic E-state index is 0.0232. The summed E-state index contributed by atoms with van der Waals surface area (Å²) in [6.45, 7) is 6.83. The van der Waals surface area contributed by atoms with Gasteiger partial charge < -0.3 is 9.80 Å². The summed E-state index contributed by atoms with van der Waals surface area (Å²) in [5.74, 6) is 0.879. The van der Waals surface area contributed by atoms with Crippen molar-refractivity contribution in [1.29, 1.82) is 0 Å². The summed E-state index contributed by atoms with van der Waals surface area (Å²) in [6, 6.07) is 10.0. The Morgan fingerprint density at radius 2 is 1.79 bits per heavy atom. The molecule has 4 rings (SSSR count). The molecule has 0 aliphatic carbocycles. The van der Waals surface area contributed by atoms with Gasteiger partial charge in [-0.25, -0.2) is 9.67 Å². The Hall–Kier alpha value is -3.48. The molecule has 0 spiro atoms. The maximum absolute atomic E-state index is 12.7. The van der Waals surface area contributed by atoms with E-state index in [1.165, 1.54) is 0 Å². The zero-order valence-electron chi connectivity index (χ0n) is 16.7. The Labute approximate surface area is 170 Å². The van der Waals surface area contributed by atoms with Crippen LogP contribution in [0.25, 0.3) is 11.8 Å². The van der Waals surface area contributed by atoms with Crippen molar-refractivity contribution in [1.82, 2.24) is 24.6 Å². The van der Waals surface area contributed by atoms with Crippen LogP contribution >= 0.6 is 0 Å². The maximum atomic E-state index is 12.7. The first kappa shape index (κ1) is 18.9. The Morgan fingerprint density at radius 3 is 2.48 bits per heavy atom. The second-order valence-electron chi connectivity index (χ2n) is 7.04. The van der Waals surface area contributed by atoms with Gasteiger partial charge in [0.05, 0.1) is 17.6 Å². The summed E-state index contributed by atoms with van der Waals surface area (Å²) in [4.78, 5) is 25.1. The molecule has 0 N–H and O–H groups in total. The Bertz CT molecular complexity index is 1000. The Kier molecular flexibility index (Phi) is 5.37. The summed E-state index contributed by atoms with van der Waals surface area (Å²) in [7, 11) is 0. The Balaban J connectivity index is 1.42. The molecule has 0 bridgehead atoms. The lowest BCUT2D eigenvalue weighted by molar-refractivity contribution is -0.126. The summed E-state index contributed by atoms with van der Waals surface area (Å²) < 4.78 is 1.92. The van der Waals surface area contributed by atoms with Crippen molar-refractivity contribution in [3.8, 4) is 5.69 Å². The molecule has 2 aromatic heterocycles. The van der Waals surface area contributed by atoms with Crippen LogP contribution in [0.2, 0.25) is 0 Å². The molecule has 3 heterocycles. The number of carbonyl (C=O) groups is 1. The van der Waals surface area contributed by atoms with Crippen molar-refractivity contribution in [2.75, 3.05) is 31.1 Å². The van der Waals surface area contributed by atoms with E-state index in [-0.39, 0.29) is 5.91 Å². The average molecular weight is 388 g/mol. The van der Waals surface area contributed by atoms with Gasteiger partial charge in [-0.15, -0.1) is 0 Å². The van der Waals surface area contributed by atoms with E-state index in [9.17, 15) is 4.79 Å². The summed E-state index contributed by atoms with van der Waals surface area (Å²) in [5.41, 5.74) is 3.92. The highest BCUT2D eigenvalue weighted by molar-refractivity contribution is 5.92. The number of amides is 1. The first-order valence-electron chi connectivity index (χ1n) is 9.73. The van der Waals surface area contributed by atoms with Crippen LogP contribution in [0.1, 0.15) is 17.0 Å². The highest BCUT2D eigenvalue weighted by Crippen LogP contribution is 2.19. The van der Waals surface area contributed by atoms with Crippen LogP contribution in [0, 0.1) is 13.8 Å². The maximum Gasteiger partial charge on any atom is 0.246 e. The first-order chi connectivity index (χ1) is 14.1. The van der Waals surface area contributed by atoms with Gasteiger partial charge in [0.2, 0.25) is 5.91 Å². The lowest BCUT2D eigenvalue weighted by Crippen LogP contribution is -2.48. The van der Waals surface area contributed by atoms with E-state index in [1.54, 1.807) is 24.7 Å².